The predicted octanol–water partition coefficient (Wildman–Crippen LogP) is 2.36. The van der Waals surface area contributed by atoms with Gasteiger partial charge in [-0.15, -0.1) is 0 Å². The Hall–Kier alpha value is -3.15. The lowest BCUT2D eigenvalue weighted by molar-refractivity contribution is 0.663. The van der Waals surface area contributed by atoms with Crippen molar-refractivity contribution in [3.05, 3.63) is 54.7 Å². The number of guanidine groups is 1. The highest BCUT2D eigenvalue weighted by molar-refractivity contribution is 5.86. The van der Waals surface area contributed by atoms with Crippen LogP contribution in [-0.4, -0.2) is 35.1 Å². The van der Waals surface area contributed by atoms with Crippen molar-refractivity contribution >= 4 is 22.7 Å². The first-order chi connectivity index (χ1) is 12.2. The van der Waals surface area contributed by atoms with E-state index in [1.54, 1.807) is 6.20 Å². The second-order valence-corrected chi connectivity index (χ2v) is 6.29. The van der Waals surface area contributed by atoms with E-state index in [-0.39, 0.29) is 12.0 Å². The van der Waals surface area contributed by atoms with E-state index in [9.17, 15) is 0 Å². The van der Waals surface area contributed by atoms with Gasteiger partial charge in [0.2, 0.25) is 5.95 Å². The summed E-state index contributed by atoms with van der Waals surface area (Å²) in [5.74, 6) is 0.733. The molecule has 4 N–H and O–H groups in total. The second-order valence-electron chi connectivity index (χ2n) is 6.29. The lowest BCUT2D eigenvalue weighted by Crippen LogP contribution is -2.41. The van der Waals surface area contributed by atoms with Gasteiger partial charge in [-0.05, 0) is 29.3 Å². The highest BCUT2D eigenvalue weighted by Crippen LogP contribution is 2.25. The molecule has 1 aliphatic rings. The van der Waals surface area contributed by atoms with Crippen LogP contribution >= 0.6 is 0 Å². The lowest BCUT2D eigenvalue weighted by atomic mass is 10.1. The lowest BCUT2D eigenvalue weighted by Gasteiger charge is -2.17. The number of benzene rings is 2. The van der Waals surface area contributed by atoms with E-state index in [4.69, 9.17) is 16.1 Å². The van der Waals surface area contributed by atoms with Crippen LogP contribution in [-0.2, 0) is 0 Å². The molecular formula is C19H20N6. The molecule has 1 aliphatic heterocycles. The molecule has 0 radical (unpaired) electrons. The minimum Gasteiger partial charge on any atom is -0.370 e. The van der Waals surface area contributed by atoms with Crippen LogP contribution in [0.25, 0.3) is 22.0 Å². The minimum absolute atomic E-state index is 0.0117. The van der Waals surface area contributed by atoms with Crippen molar-refractivity contribution in [2.45, 2.75) is 12.5 Å². The molecule has 25 heavy (non-hydrogen) atoms. The van der Waals surface area contributed by atoms with Gasteiger partial charge in [0.15, 0.2) is 5.96 Å². The number of nitrogens with zero attached hydrogens (tertiary/aromatic N) is 3. The number of nitrogens with two attached hydrogens (primary N) is 1. The Bertz CT molecular complexity index is 922. The molecular weight excluding hydrogens is 312 g/mol. The number of anilines is 1. The summed E-state index contributed by atoms with van der Waals surface area (Å²) in [4.78, 5) is 11.3. The third-order valence-electron chi connectivity index (χ3n) is 4.52. The average Bonchev–Trinajstić information content (AvgIpc) is 3.09. The number of fused-ring (bicyclic) bond motifs is 1. The van der Waals surface area contributed by atoms with Gasteiger partial charge in [-0.1, -0.05) is 36.4 Å². The smallest absolute Gasteiger partial charge is 0.225 e. The molecule has 0 saturated carbocycles. The van der Waals surface area contributed by atoms with Gasteiger partial charge < -0.3 is 16.0 Å². The first-order valence-corrected chi connectivity index (χ1v) is 8.37. The van der Waals surface area contributed by atoms with Gasteiger partial charge in [0.1, 0.15) is 0 Å². The Kier molecular flexibility index (Phi) is 3.93. The van der Waals surface area contributed by atoms with Crippen molar-refractivity contribution < 1.29 is 0 Å². The maximum Gasteiger partial charge on any atom is 0.225 e. The zero-order valence-corrected chi connectivity index (χ0v) is 13.8. The molecule has 0 bridgehead atoms. The summed E-state index contributed by atoms with van der Waals surface area (Å²) in [7, 11) is 0. The number of aromatic nitrogens is 2. The van der Waals surface area contributed by atoms with Gasteiger partial charge >= 0.3 is 0 Å². The Balaban J connectivity index is 1.59. The molecule has 1 fully saturated rings. The molecule has 1 saturated heterocycles. The van der Waals surface area contributed by atoms with Crippen molar-refractivity contribution in [3.8, 4) is 11.3 Å². The van der Waals surface area contributed by atoms with Crippen LogP contribution in [0.5, 0.6) is 0 Å². The molecule has 3 aromatic rings. The number of nitrogens with one attached hydrogen (secondary N) is 2. The van der Waals surface area contributed by atoms with Crippen LogP contribution in [0.2, 0.25) is 0 Å². The number of rotatable bonds is 3. The molecule has 6 heteroatoms. The minimum atomic E-state index is 0.0117. The Labute approximate surface area is 146 Å². The van der Waals surface area contributed by atoms with Gasteiger partial charge in [-0.2, -0.15) is 0 Å². The van der Waals surface area contributed by atoms with E-state index in [2.05, 4.69) is 45.5 Å². The first-order valence-electron chi connectivity index (χ1n) is 8.37. The van der Waals surface area contributed by atoms with Gasteiger partial charge in [0.05, 0.1) is 5.69 Å². The molecule has 1 unspecified atom stereocenters. The van der Waals surface area contributed by atoms with Crippen molar-refractivity contribution in [1.82, 2.24) is 15.3 Å². The van der Waals surface area contributed by atoms with Gasteiger partial charge in [-0.3, -0.25) is 5.41 Å². The molecule has 126 valence electrons. The SMILES string of the molecule is N=C(N)NC1CCN(c2nccc(-c3ccc4ccccc4c3)n2)C1. The van der Waals surface area contributed by atoms with Crippen LogP contribution in [0.4, 0.5) is 5.95 Å². The van der Waals surface area contributed by atoms with Crippen molar-refractivity contribution in [1.29, 1.82) is 5.41 Å². The highest BCUT2D eigenvalue weighted by Gasteiger charge is 2.24. The Morgan fingerprint density at radius 3 is 2.84 bits per heavy atom. The fourth-order valence-electron chi connectivity index (χ4n) is 3.29. The summed E-state index contributed by atoms with van der Waals surface area (Å²) >= 11 is 0. The van der Waals surface area contributed by atoms with Gasteiger partial charge in [-0.25, -0.2) is 9.97 Å². The molecule has 0 spiro atoms. The molecule has 4 rings (SSSR count). The molecule has 6 nitrogen and oxygen atoms in total. The third-order valence-corrected chi connectivity index (χ3v) is 4.52. The quantitative estimate of drug-likeness (QED) is 0.506. The summed E-state index contributed by atoms with van der Waals surface area (Å²) in [5.41, 5.74) is 7.42. The number of hydrogen-bond acceptors (Lipinski definition) is 4. The average molecular weight is 332 g/mol. The van der Waals surface area contributed by atoms with E-state index in [1.165, 1.54) is 10.8 Å². The summed E-state index contributed by atoms with van der Waals surface area (Å²) in [6, 6.07) is 16.8. The van der Waals surface area contributed by atoms with Crippen LogP contribution in [0.3, 0.4) is 0 Å². The van der Waals surface area contributed by atoms with E-state index in [1.807, 2.05) is 18.2 Å². The van der Waals surface area contributed by atoms with Crippen molar-refractivity contribution in [2.24, 2.45) is 5.73 Å². The van der Waals surface area contributed by atoms with Crippen molar-refractivity contribution in [3.63, 3.8) is 0 Å². The molecule has 1 aromatic heterocycles. The number of hydrogen-bond donors (Lipinski definition) is 3. The fourth-order valence-corrected chi connectivity index (χ4v) is 3.29. The normalized spacial score (nSPS) is 17.0. The zero-order chi connectivity index (χ0) is 17.2. The van der Waals surface area contributed by atoms with E-state index in [0.717, 1.165) is 36.7 Å². The van der Waals surface area contributed by atoms with Crippen LogP contribution in [0.15, 0.2) is 54.7 Å². The molecule has 0 aliphatic carbocycles. The van der Waals surface area contributed by atoms with Gasteiger partial charge in [0.25, 0.3) is 0 Å². The Morgan fingerprint density at radius 1 is 1.16 bits per heavy atom. The zero-order valence-electron chi connectivity index (χ0n) is 13.8. The van der Waals surface area contributed by atoms with Crippen LogP contribution in [0.1, 0.15) is 6.42 Å². The topological polar surface area (TPSA) is 90.9 Å². The molecule has 2 aromatic carbocycles. The maximum absolute atomic E-state index is 7.36. The largest absolute Gasteiger partial charge is 0.370 e. The highest BCUT2D eigenvalue weighted by atomic mass is 15.3. The molecule has 1 atom stereocenters. The molecule has 2 heterocycles. The van der Waals surface area contributed by atoms with E-state index in [0.29, 0.717) is 0 Å². The van der Waals surface area contributed by atoms with E-state index < -0.39 is 0 Å². The third kappa shape index (κ3) is 3.24. The summed E-state index contributed by atoms with van der Waals surface area (Å²) < 4.78 is 0. The Morgan fingerprint density at radius 2 is 2.00 bits per heavy atom. The predicted molar refractivity (Wildman–Crippen MR) is 101 cm³/mol. The first kappa shape index (κ1) is 15.4. The standard InChI is InChI=1S/C19H20N6/c20-18(21)23-16-8-10-25(12-16)19-22-9-7-17(24-19)15-6-5-13-3-1-2-4-14(13)11-15/h1-7,9,11,16H,8,10,12H2,(H4,20,21,23). The monoisotopic (exact) mass is 332 g/mol. The second kappa shape index (κ2) is 6.39. The molecule has 0 amide bonds. The van der Waals surface area contributed by atoms with Crippen LogP contribution < -0.4 is 16.0 Å². The fraction of sp³-hybridized carbons (Fsp3) is 0.211. The van der Waals surface area contributed by atoms with Crippen LogP contribution in [0, 0.1) is 5.41 Å². The van der Waals surface area contributed by atoms with Crippen molar-refractivity contribution in [2.75, 3.05) is 18.0 Å². The maximum atomic E-state index is 7.36. The van der Waals surface area contributed by atoms with Gasteiger partial charge in [0, 0.05) is 30.9 Å². The van der Waals surface area contributed by atoms with E-state index >= 15 is 0 Å². The summed E-state index contributed by atoms with van der Waals surface area (Å²) in [6.45, 7) is 1.60. The summed E-state index contributed by atoms with van der Waals surface area (Å²) in [5, 5.41) is 12.8. The summed E-state index contributed by atoms with van der Waals surface area (Å²) in [6.07, 6.45) is 2.72.